The minimum Gasteiger partial charge on any atom is -0.348 e. The lowest BCUT2D eigenvalue weighted by atomic mass is 10.1. The van der Waals surface area contributed by atoms with Gasteiger partial charge in [0.2, 0.25) is 15.9 Å². The summed E-state index contributed by atoms with van der Waals surface area (Å²) in [5.74, 6) is -0.428. The molecule has 3 aromatic rings. The van der Waals surface area contributed by atoms with Crippen molar-refractivity contribution >= 4 is 55.1 Å². The number of benzene rings is 3. The number of carbonyl (C=O) groups is 1. The van der Waals surface area contributed by atoms with E-state index < -0.39 is 15.9 Å². The number of aryl methyl sites for hydroxylation is 1. The van der Waals surface area contributed by atoms with Crippen molar-refractivity contribution in [2.24, 2.45) is 0 Å². The Morgan fingerprint density at radius 1 is 1.06 bits per heavy atom. The van der Waals surface area contributed by atoms with Crippen LogP contribution in [0.5, 0.6) is 0 Å². The molecule has 0 aliphatic carbocycles. The summed E-state index contributed by atoms with van der Waals surface area (Å²) in [7, 11) is -3.97. The Kier molecular flexibility index (Phi) is 8.59. The first-order valence-corrected chi connectivity index (χ1v) is 13.1. The molecule has 0 saturated heterocycles. The summed E-state index contributed by atoms with van der Waals surface area (Å²) in [6.45, 7) is 3.27. The van der Waals surface area contributed by atoms with Gasteiger partial charge in [0.1, 0.15) is 0 Å². The summed E-state index contributed by atoms with van der Waals surface area (Å²) < 4.78 is 28.9. The van der Waals surface area contributed by atoms with Crippen LogP contribution in [-0.4, -0.2) is 25.2 Å². The molecule has 0 unspecified atom stereocenters. The van der Waals surface area contributed by atoms with Gasteiger partial charge in [-0.25, -0.2) is 8.42 Å². The molecule has 0 fully saturated rings. The molecule has 0 spiro atoms. The van der Waals surface area contributed by atoms with E-state index in [1.54, 1.807) is 30.3 Å². The Morgan fingerprint density at radius 2 is 1.76 bits per heavy atom. The Morgan fingerprint density at radius 3 is 2.39 bits per heavy atom. The van der Waals surface area contributed by atoms with Crippen LogP contribution in [0.4, 0.5) is 0 Å². The molecule has 0 bridgehead atoms. The van der Waals surface area contributed by atoms with E-state index in [1.165, 1.54) is 12.1 Å². The minimum atomic E-state index is -3.97. The van der Waals surface area contributed by atoms with Crippen LogP contribution < -0.4 is 5.32 Å². The lowest BCUT2D eigenvalue weighted by Gasteiger charge is -2.24. The SMILES string of the molecule is Cc1ccc(S(=O)(=O)N(CC(=O)N[C@H](C)c2cccc(Br)c2)Cc2ccc(Cl)cc2Cl)cc1. The largest absolute Gasteiger partial charge is 0.348 e. The van der Waals surface area contributed by atoms with Crippen LogP contribution in [0.3, 0.4) is 0 Å². The van der Waals surface area contributed by atoms with Crippen LogP contribution in [0.2, 0.25) is 10.0 Å². The Labute approximate surface area is 212 Å². The molecule has 3 rings (SSSR count). The number of hydrogen-bond acceptors (Lipinski definition) is 3. The number of sulfonamides is 1. The molecule has 1 atom stereocenters. The van der Waals surface area contributed by atoms with Crippen LogP contribution in [-0.2, 0) is 21.4 Å². The van der Waals surface area contributed by atoms with E-state index in [-0.39, 0.29) is 24.0 Å². The molecule has 0 heterocycles. The summed E-state index contributed by atoms with van der Waals surface area (Å²) in [6.07, 6.45) is 0. The number of nitrogens with one attached hydrogen (secondary N) is 1. The van der Waals surface area contributed by atoms with Crippen LogP contribution in [0.25, 0.3) is 0 Å². The summed E-state index contributed by atoms with van der Waals surface area (Å²) in [5, 5.41) is 3.65. The molecule has 1 amide bonds. The number of halogens is 3. The van der Waals surface area contributed by atoms with E-state index in [9.17, 15) is 13.2 Å². The van der Waals surface area contributed by atoms with Crippen molar-refractivity contribution in [2.75, 3.05) is 6.54 Å². The zero-order chi connectivity index (χ0) is 24.2. The van der Waals surface area contributed by atoms with Gasteiger partial charge >= 0.3 is 0 Å². The molecule has 1 N–H and O–H groups in total. The van der Waals surface area contributed by atoms with E-state index >= 15 is 0 Å². The summed E-state index contributed by atoms with van der Waals surface area (Å²) in [4.78, 5) is 13.0. The maximum absolute atomic E-state index is 13.4. The van der Waals surface area contributed by atoms with Crippen molar-refractivity contribution in [3.8, 4) is 0 Å². The van der Waals surface area contributed by atoms with Gasteiger partial charge in [-0.1, -0.05) is 75.0 Å². The zero-order valence-corrected chi connectivity index (χ0v) is 22.0. The van der Waals surface area contributed by atoms with Gasteiger partial charge in [-0.3, -0.25) is 4.79 Å². The maximum atomic E-state index is 13.4. The van der Waals surface area contributed by atoms with E-state index in [2.05, 4.69) is 21.2 Å². The van der Waals surface area contributed by atoms with Gasteiger partial charge in [-0.15, -0.1) is 0 Å². The van der Waals surface area contributed by atoms with E-state index in [1.807, 2.05) is 38.1 Å². The van der Waals surface area contributed by atoms with Gasteiger partial charge in [0.15, 0.2) is 0 Å². The van der Waals surface area contributed by atoms with E-state index in [0.29, 0.717) is 15.6 Å². The first kappa shape index (κ1) is 25.7. The number of amides is 1. The van der Waals surface area contributed by atoms with Crippen molar-refractivity contribution in [3.05, 3.63) is 97.9 Å². The number of rotatable bonds is 8. The molecular weight excluding hydrogens is 547 g/mol. The van der Waals surface area contributed by atoms with Crippen molar-refractivity contribution in [1.29, 1.82) is 0 Å². The van der Waals surface area contributed by atoms with Gasteiger partial charge in [-0.05, 0) is 61.4 Å². The molecule has 0 saturated carbocycles. The van der Waals surface area contributed by atoms with Gasteiger partial charge < -0.3 is 5.32 Å². The summed E-state index contributed by atoms with van der Waals surface area (Å²) >= 11 is 15.7. The predicted molar refractivity (Wildman–Crippen MR) is 136 cm³/mol. The molecular formula is C24H23BrCl2N2O3S. The van der Waals surface area contributed by atoms with Gasteiger partial charge in [0.25, 0.3) is 0 Å². The first-order valence-electron chi connectivity index (χ1n) is 10.1. The molecule has 0 aromatic heterocycles. The third-order valence-electron chi connectivity index (χ3n) is 5.07. The summed E-state index contributed by atoms with van der Waals surface area (Å²) in [5.41, 5.74) is 2.37. The molecule has 5 nitrogen and oxygen atoms in total. The fourth-order valence-corrected chi connectivity index (χ4v) is 5.49. The Balaban J connectivity index is 1.87. The topological polar surface area (TPSA) is 66.5 Å². The zero-order valence-electron chi connectivity index (χ0n) is 18.1. The molecule has 0 radical (unpaired) electrons. The standard InChI is InChI=1S/C24H23BrCl2N2O3S/c1-16-6-10-22(11-7-16)33(31,32)29(14-19-8-9-21(26)13-23(19)27)15-24(30)28-17(2)18-4-3-5-20(25)12-18/h3-13,17H,14-15H2,1-2H3,(H,28,30)/t17-/m1/s1. The van der Waals surface area contributed by atoms with E-state index in [4.69, 9.17) is 23.2 Å². The van der Waals surface area contributed by atoms with Crippen LogP contribution in [0, 0.1) is 6.92 Å². The molecule has 0 aliphatic heterocycles. The Hall–Kier alpha value is -1.90. The van der Waals surface area contributed by atoms with Gasteiger partial charge in [0.05, 0.1) is 17.5 Å². The number of hydrogen-bond donors (Lipinski definition) is 1. The van der Waals surface area contributed by atoms with Crippen LogP contribution in [0.1, 0.15) is 29.7 Å². The lowest BCUT2D eigenvalue weighted by Crippen LogP contribution is -2.41. The van der Waals surface area contributed by atoms with Crippen molar-refractivity contribution < 1.29 is 13.2 Å². The van der Waals surface area contributed by atoms with Crippen molar-refractivity contribution in [2.45, 2.75) is 31.3 Å². The fourth-order valence-electron chi connectivity index (χ4n) is 3.23. The average molecular weight is 570 g/mol. The number of carbonyl (C=O) groups excluding carboxylic acids is 1. The molecule has 174 valence electrons. The predicted octanol–water partition coefficient (Wildman–Crippen LogP) is 6.13. The molecule has 9 heteroatoms. The highest BCUT2D eigenvalue weighted by molar-refractivity contribution is 9.10. The van der Waals surface area contributed by atoms with Crippen molar-refractivity contribution in [1.82, 2.24) is 9.62 Å². The van der Waals surface area contributed by atoms with Gasteiger partial charge in [0, 0.05) is 21.1 Å². The molecule has 33 heavy (non-hydrogen) atoms. The minimum absolute atomic E-state index is 0.0785. The Bertz CT molecular complexity index is 1250. The highest BCUT2D eigenvalue weighted by Gasteiger charge is 2.28. The first-order chi connectivity index (χ1) is 15.6. The highest BCUT2D eigenvalue weighted by Crippen LogP contribution is 2.25. The molecule has 0 aliphatic rings. The fraction of sp³-hybridized carbons (Fsp3) is 0.208. The third-order valence-corrected chi connectivity index (χ3v) is 7.95. The normalized spacial score (nSPS) is 12.5. The maximum Gasteiger partial charge on any atom is 0.243 e. The van der Waals surface area contributed by atoms with Crippen LogP contribution in [0.15, 0.2) is 76.1 Å². The summed E-state index contributed by atoms with van der Waals surface area (Å²) in [6, 6.07) is 18.6. The monoisotopic (exact) mass is 568 g/mol. The second-order valence-corrected chi connectivity index (χ2v) is 11.4. The second-order valence-electron chi connectivity index (χ2n) is 7.67. The smallest absolute Gasteiger partial charge is 0.243 e. The van der Waals surface area contributed by atoms with Gasteiger partial charge in [-0.2, -0.15) is 4.31 Å². The number of nitrogens with zero attached hydrogens (tertiary/aromatic N) is 1. The van der Waals surface area contributed by atoms with E-state index in [0.717, 1.165) is 19.9 Å². The third kappa shape index (κ3) is 6.80. The molecule has 3 aromatic carbocycles. The quantitative estimate of drug-likeness (QED) is 0.355. The van der Waals surface area contributed by atoms with Crippen LogP contribution >= 0.6 is 39.1 Å². The van der Waals surface area contributed by atoms with Crippen molar-refractivity contribution in [3.63, 3.8) is 0 Å². The second kappa shape index (κ2) is 11.0. The highest BCUT2D eigenvalue weighted by atomic mass is 79.9. The average Bonchev–Trinajstić information content (AvgIpc) is 2.75. The lowest BCUT2D eigenvalue weighted by molar-refractivity contribution is -0.122.